The van der Waals surface area contributed by atoms with Crippen LogP contribution in [0.15, 0.2) is 35.5 Å². The molecule has 8 heteroatoms. The quantitative estimate of drug-likeness (QED) is 0.714. The molecule has 1 aromatic heterocycles. The van der Waals surface area contributed by atoms with Crippen LogP contribution in [0.3, 0.4) is 0 Å². The lowest BCUT2D eigenvalue weighted by atomic mass is 9.96. The average Bonchev–Trinajstić information content (AvgIpc) is 3.31. The van der Waals surface area contributed by atoms with Crippen molar-refractivity contribution in [2.45, 2.75) is 50.5 Å². The van der Waals surface area contributed by atoms with Gasteiger partial charge in [-0.1, -0.05) is 55.9 Å². The molecule has 0 bridgehead atoms. The minimum absolute atomic E-state index is 0.00724. The third-order valence-electron chi connectivity index (χ3n) is 4.37. The molecule has 1 fully saturated rings. The van der Waals surface area contributed by atoms with Gasteiger partial charge >= 0.3 is 0 Å². The Hall–Kier alpha value is -1.93. The van der Waals surface area contributed by atoms with Crippen molar-refractivity contribution in [1.82, 2.24) is 25.5 Å². The fraction of sp³-hybridized carbons (Fsp3) is 0.556. The Morgan fingerprint density at radius 3 is 2.88 bits per heavy atom. The van der Waals surface area contributed by atoms with Crippen LogP contribution >= 0.6 is 11.8 Å². The summed E-state index contributed by atoms with van der Waals surface area (Å²) in [5.74, 6) is 0.558. The minimum Gasteiger partial charge on any atom is -0.376 e. The molecule has 0 aliphatic carbocycles. The molecule has 1 saturated heterocycles. The highest BCUT2D eigenvalue weighted by Crippen LogP contribution is 2.22. The van der Waals surface area contributed by atoms with Crippen LogP contribution in [0.5, 0.6) is 0 Å². The molecular weight excluding hydrogens is 350 g/mol. The molecule has 1 aliphatic heterocycles. The Labute approximate surface area is 157 Å². The first-order valence-corrected chi connectivity index (χ1v) is 9.97. The maximum atomic E-state index is 12.4. The van der Waals surface area contributed by atoms with E-state index in [1.54, 1.807) is 4.68 Å². The number of carbonyl (C=O) groups excluding carboxylic acids is 1. The van der Waals surface area contributed by atoms with Gasteiger partial charge in [-0.25, -0.2) is 4.68 Å². The number of hydrogen-bond donors (Lipinski definition) is 1. The van der Waals surface area contributed by atoms with Crippen LogP contribution in [-0.2, 0) is 16.1 Å². The predicted octanol–water partition coefficient (Wildman–Crippen LogP) is 2.46. The lowest BCUT2D eigenvalue weighted by Gasteiger charge is -2.22. The molecule has 2 atom stereocenters. The minimum atomic E-state index is -0.0239. The summed E-state index contributed by atoms with van der Waals surface area (Å²) in [7, 11) is 0. The highest BCUT2D eigenvalue weighted by molar-refractivity contribution is 7.99. The van der Waals surface area contributed by atoms with Gasteiger partial charge in [-0.15, -0.1) is 5.10 Å². The van der Waals surface area contributed by atoms with E-state index >= 15 is 0 Å². The van der Waals surface area contributed by atoms with Gasteiger partial charge in [0.2, 0.25) is 11.1 Å². The number of ether oxygens (including phenoxy) is 1. The van der Waals surface area contributed by atoms with Crippen molar-refractivity contribution in [2.24, 2.45) is 5.92 Å². The maximum absolute atomic E-state index is 12.4. The largest absolute Gasteiger partial charge is 0.376 e. The topological polar surface area (TPSA) is 81.9 Å². The van der Waals surface area contributed by atoms with Crippen LogP contribution in [-0.4, -0.2) is 44.6 Å². The first-order chi connectivity index (χ1) is 12.6. The number of benzene rings is 1. The Balaban J connectivity index is 1.54. The van der Waals surface area contributed by atoms with Gasteiger partial charge in [0, 0.05) is 6.61 Å². The van der Waals surface area contributed by atoms with Crippen molar-refractivity contribution in [3.05, 3.63) is 35.9 Å². The zero-order valence-corrected chi connectivity index (χ0v) is 16.0. The van der Waals surface area contributed by atoms with E-state index in [2.05, 4.69) is 34.7 Å². The van der Waals surface area contributed by atoms with Crippen LogP contribution in [0.1, 0.15) is 38.3 Å². The zero-order chi connectivity index (χ0) is 18.4. The SMILES string of the molecule is CC(C)C(NC(=O)CSc1nnnn1CC1CCCO1)c1ccccc1. The average molecular weight is 375 g/mol. The van der Waals surface area contributed by atoms with Gasteiger partial charge in [0.25, 0.3) is 0 Å². The molecule has 7 nitrogen and oxygen atoms in total. The zero-order valence-electron chi connectivity index (χ0n) is 15.2. The normalized spacial score (nSPS) is 18.2. The van der Waals surface area contributed by atoms with E-state index in [0.717, 1.165) is 25.0 Å². The second-order valence-electron chi connectivity index (χ2n) is 6.77. The Morgan fingerprint density at radius 1 is 1.38 bits per heavy atom. The molecule has 0 spiro atoms. The van der Waals surface area contributed by atoms with Crippen molar-refractivity contribution in [3.63, 3.8) is 0 Å². The molecule has 1 amide bonds. The summed E-state index contributed by atoms with van der Waals surface area (Å²) in [6, 6.07) is 10.0. The van der Waals surface area contributed by atoms with Gasteiger partial charge in [0.1, 0.15) is 0 Å². The molecule has 2 unspecified atom stereocenters. The molecule has 0 saturated carbocycles. The third-order valence-corrected chi connectivity index (χ3v) is 5.33. The van der Waals surface area contributed by atoms with Gasteiger partial charge in [-0.3, -0.25) is 4.79 Å². The summed E-state index contributed by atoms with van der Waals surface area (Å²) in [4.78, 5) is 12.4. The molecule has 1 N–H and O–H groups in total. The van der Waals surface area contributed by atoms with E-state index in [1.165, 1.54) is 11.8 Å². The number of carbonyl (C=O) groups is 1. The Morgan fingerprint density at radius 2 is 2.19 bits per heavy atom. The van der Waals surface area contributed by atoms with E-state index in [0.29, 0.717) is 17.6 Å². The van der Waals surface area contributed by atoms with Crippen LogP contribution in [0.4, 0.5) is 0 Å². The lowest BCUT2D eigenvalue weighted by molar-refractivity contribution is -0.119. The first-order valence-electron chi connectivity index (χ1n) is 8.98. The van der Waals surface area contributed by atoms with Crippen LogP contribution < -0.4 is 5.32 Å². The molecular formula is C18H25N5O2S. The maximum Gasteiger partial charge on any atom is 0.230 e. The number of nitrogens with zero attached hydrogens (tertiary/aromatic N) is 4. The molecule has 26 heavy (non-hydrogen) atoms. The van der Waals surface area contributed by atoms with E-state index < -0.39 is 0 Å². The number of nitrogens with one attached hydrogen (secondary N) is 1. The monoisotopic (exact) mass is 375 g/mol. The molecule has 2 heterocycles. The first kappa shape index (κ1) is 18.8. The van der Waals surface area contributed by atoms with Crippen LogP contribution in [0, 0.1) is 5.92 Å². The summed E-state index contributed by atoms with van der Waals surface area (Å²) in [5, 5.41) is 15.6. The summed E-state index contributed by atoms with van der Waals surface area (Å²) < 4.78 is 7.36. The van der Waals surface area contributed by atoms with Crippen molar-refractivity contribution in [3.8, 4) is 0 Å². The summed E-state index contributed by atoms with van der Waals surface area (Å²) in [6.45, 7) is 5.64. The molecule has 1 aliphatic rings. The Bertz CT molecular complexity index is 701. The summed E-state index contributed by atoms with van der Waals surface area (Å²) in [5.41, 5.74) is 1.11. The molecule has 0 radical (unpaired) electrons. The van der Waals surface area contributed by atoms with Gasteiger partial charge in [0.15, 0.2) is 0 Å². The second-order valence-corrected chi connectivity index (χ2v) is 7.71. The van der Waals surface area contributed by atoms with Crippen LogP contribution in [0.2, 0.25) is 0 Å². The highest BCUT2D eigenvalue weighted by atomic mass is 32.2. The van der Waals surface area contributed by atoms with Gasteiger partial charge in [0.05, 0.1) is 24.4 Å². The van der Waals surface area contributed by atoms with Crippen molar-refractivity contribution in [2.75, 3.05) is 12.4 Å². The number of hydrogen-bond acceptors (Lipinski definition) is 6. The molecule has 3 rings (SSSR count). The summed E-state index contributed by atoms with van der Waals surface area (Å²) >= 11 is 1.35. The Kier molecular flexibility index (Phi) is 6.62. The van der Waals surface area contributed by atoms with Crippen molar-refractivity contribution < 1.29 is 9.53 Å². The number of rotatable bonds is 8. The van der Waals surface area contributed by atoms with Gasteiger partial charge < -0.3 is 10.1 Å². The summed E-state index contributed by atoms with van der Waals surface area (Å²) in [6.07, 6.45) is 2.26. The second kappa shape index (κ2) is 9.14. The number of thioether (sulfide) groups is 1. The van der Waals surface area contributed by atoms with E-state index in [9.17, 15) is 4.79 Å². The van der Waals surface area contributed by atoms with Gasteiger partial charge in [-0.05, 0) is 34.7 Å². The predicted molar refractivity (Wildman–Crippen MR) is 99.7 cm³/mol. The van der Waals surface area contributed by atoms with Crippen LogP contribution in [0.25, 0.3) is 0 Å². The third kappa shape index (κ3) is 5.04. The highest BCUT2D eigenvalue weighted by Gasteiger charge is 2.21. The number of aromatic nitrogens is 4. The molecule has 1 aromatic carbocycles. The number of amides is 1. The van der Waals surface area contributed by atoms with E-state index in [1.807, 2.05) is 30.3 Å². The van der Waals surface area contributed by atoms with E-state index in [4.69, 9.17) is 4.74 Å². The smallest absolute Gasteiger partial charge is 0.230 e. The number of tetrazole rings is 1. The fourth-order valence-electron chi connectivity index (χ4n) is 3.04. The molecule has 140 valence electrons. The van der Waals surface area contributed by atoms with Crippen molar-refractivity contribution >= 4 is 17.7 Å². The fourth-order valence-corrected chi connectivity index (χ4v) is 3.73. The van der Waals surface area contributed by atoms with E-state index in [-0.39, 0.29) is 23.8 Å². The molecule has 2 aromatic rings. The lowest BCUT2D eigenvalue weighted by Crippen LogP contribution is -2.33. The standard InChI is InChI=1S/C18H25N5O2S/c1-13(2)17(14-7-4-3-5-8-14)19-16(24)12-26-18-20-21-22-23(18)11-15-9-6-10-25-15/h3-5,7-8,13,15,17H,6,9-12H2,1-2H3,(H,19,24). The van der Waals surface area contributed by atoms with Gasteiger partial charge in [-0.2, -0.15) is 0 Å². The van der Waals surface area contributed by atoms with Crippen molar-refractivity contribution in [1.29, 1.82) is 0 Å².